The molecule has 0 fully saturated rings. The van der Waals surface area contributed by atoms with E-state index in [-0.39, 0.29) is 5.97 Å². The summed E-state index contributed by atoms with van der Waals surface area (Å²) >= 11 is 0. The highest BCUT2D eigenvalue weighted by atomic mass is 16.5. The molecule has 1 atom stereocenters. The van der Waals surface area contributed by atoms with Gasteiger partial charge >= 0.3 is 5.97 Å². The summed E-state index contributed by atoms with van der Waals surface area (Å²) in [6, 6.07) is 0. The molecule has 3 nitrogen and oxygen atoms in total. The number of hydrogen-bond donors (Lipinski definition) is 1. The van der Waals surface area contributed by atoms with Gasteiger partial charge in [-0.1, -0.05) is 124 Å². The van der Waals surface area contributed by atoms with Crippen LogP contribution in [0.15, 0.2) is 0 Å². The lowest BCUT2D eigenvalue weighted by Gasteiger charge is -2.17. The minimum Gasteiger partial charge on any atom is -0.466 e. The molecule has 192 valence electrons. The van der Waals surface area contributed by atoms with Crippen LogP contribution in [0, 0.1) is 5.92 Å². The number of unbranched alkanes of at least 4 members (excludes halogenated alkanes) is 13. The van der Waals surface area contributed by atoms with E-state index in [2.05, 4.69) is 26.1 Å². The molecule has 0 aliphatic carbocycles. The topological polar surface area (TPSA) is 38.3 Å². The fourth-order valence-corrected chi connectivity index (χ4v) is 4.42. The van der Waals surface area contributed by atoms with Crippen molar-refractivity contribution in [1.82, 2.24) is 5.32 Å². The van der Waals surface area contributed by atoms with Crippen molar-refractivity contribution in [3.8, 4) is 0 Å². The van der Waals surface area contributed by atoms with Gasteiger partial charge in [0.05, 0.1) is 6.61 Å². The van der Waals surface area contributed by atoms with Crippen molar-refractivity contribution in [2.24, 2.45) is 5.92 Å². The zero-order chi connectivity index (χ0) is 23.5. The first-order valence-electron chi connectivity index (χ1n) is 14.6. The van der Waals surface area contributed by atoms with E-state index in [4.69, 9.17) is 4.74 Å². The quantitative estimate of drug-likeness (QED) is 0.105. The Morgan fingerprint density at radius 3 is 1.66 bits per heavy atom. The molecule has 0 aliphatic rings. The first-order chi connectivity index (χ1) is 15.7. The van der Waals surface area contributed by atoms with Crippen molar-refractivity contribution in [1.29, 1.82) is 0 Å². The van der Waals surface area contributed by atoms with Crippen LogP contribution in [-0.4, -0.2) is 25.7 Å². The van der Waals surface area contributed by atoms with E-state index < -0.39 is 0 Å². The first kappa shape index (κ1) is 31.4. The fourth-order valence-electron chi connectivity index (χ4n) is 4.42. The Morgan fingerprint density at radius 2 is 1.06 bits per heavy atom. The second-order valence-electron chi connectivity index (χ2n) is 9.90. The Kier molecular flexibility index (Phi) is 26.2. The van der Waals surface area contributed by atoms with Crippen LogP contribution in [0.4, 0.5) is 0 Å². The predicted octanol–water partition coefficient (Wildman–Crippen LogP) is 8.99. The zero-order valence-corrected chi connectivity index (χ0v) is 22.4. The van der Waals surface area contributed by atoms with E-state index in [1.54, 1.807) is 0 Å². The van der Waals surface area contributed by atoms with Gasteiger partial charge < -0.3 is 10.1 Å². The van der Waals surface area contributed by atoms with Crippen LogP contribution in [0.5, 0.6) is 0 Å². The molecule has 32 heavy (non-hydrogen) atoms. The lowest BCUT2D eigenvalue weighted by molar-refractivity contribution is -0.144. The Labute approximate surface area is 202 Å². The largest absolute Gasteiger partial charge is 0.466 e. The van der Waals surface area contributed by atoms with E-state index in [0.717, 1.165) is 38.3 Å². The van der Waals surface area contributed by atoms with E-state index >= 15 is 0 Å². The van der Waals surface area contributed by atoms with Crippen LogP contribution < -0.4 is 5.32 Å². The maximum absolute atomic E-state index is 12.1. The summed E-state index contributed by atoms with van der Waals surface area (Å²) in [5.41, 5.74) is 0. The third-order valence-electron chi connectivity index (χ3n) is 6.66. The van der Waals surface area contributed by atoms with Gasteiger partial charge in [0, 0.05) is 6.42 Å². The van der Waals surface area contributed by atoms with Gasteiger partial charge in [-0.15, -0.1) is 0 Å². The average molecular weight is 454 g/mol. The highest BCUT2D eigenvalue weighted by Crippen LogP contribution is 2.22. The van der Waals surface area contributed by atoms with Crippen LogP contribution >= 0.6 is 0 Å². The summed E-state index contributed by atoms with van der Waals surface area (Å²) in [5.74, 6) is 0.760. The SMILES string of the molecule is CCCCCCCCC(CCCCCC)CCOC(=O)CCCCCNCCCCCC. The second kappa shape index (κ2) is 26.7. The minimum atomic E-state index is 0.0156. The smallest absolute Gasteiger partial charge is 0.305 e. The van der Waals surface area contributed by atoms with E-state index in [9.17, 15) is 4.79 Å². The molecule has 0 saturated heterocycles. The van der Waals surface area contributed by atoms with Crippen LogP contribution in [0.25, 0.3) is 0 Å². The molecule has 0 aliphatic heterocycles. The highest BCUT2D eigenvalue weighted by Gasteiger charge is 2.11. The first-order valence-corrected chi connectivity index (χ1v) is 14.6. The van der Waals surface area contributed by atoms with Crippen LogP contribution in [-0.2, 0) is 9.53 Å². The Hall–Kier alpha value is -0.570. The Balaban J connectivity index is 3.76. The molecule has 0 saturated carbocycles. The number of esters is 1. The van der Waals surface area contributed by atoms with Crippen molar-refractivity contribution in [2.45, 2.75) is 156 Å². The van der Waals surface area contributed by atoms with E-state index in [1.165, 1.54) is 109 Å². The van der Waals surface area contributed by atoms with Crippen LogP contribution in [0.2, 0.25) is 0 Å². The molecule has 0 aromatic heterocycles. The molecule has 3 heteroatoms. The van der Waals surface area contributed by atoms with Gasteiger partial charge in [0.1, 0.15) is 0 Å². The number of ether oxygens (including phenoxy) is 1. The van der Waals surface area contributed by atoms with Gasteiger partial charge in [0.15, 0.2) is 0 Å². The lowest BCUT2D eigenvalue weighted by atomic mass is 9.92. The van der Waals surface area contributed by atoms with Crippen LogP contribution in [0.1, 0.15) is 156 Å². The summed E-state index contributed by atoms with van der Waals surface area (Å²) in [7, 11) is 0. The number of carbonyl (C=O) groups excluding carboxylic acids is 1. The number of rotatable bonds is 26. The molecule has 1 N–H and O–H groups in total. The maximum atomic E-state index is 12.1. The maximum Gasteiger partial charge on any atom is 0.305 e. The van der Waals surface area contributed by atoms with Gasteiger partial charge in [-0.05, 0) is 44.7 Å². The van der Waals surface area contributed by atoms with Crippen molar-refractivity contribution in [3.63, 3.8) is 0 Å². The average Bonchev–Trinajstić information content (AvgIpc) is 2.79. The molecule has 1 unspecified atom stereocenters. The van der Waals surface area contributed by atoms with Gasteiger partial charge in [-0.2, -0.15) is 0 Å². The van der Waals surface area contributed by atoms with Gasteiger partial charge in [0.25, 0.3) is 0 Å². The molecule has 0 amide bonds. The highest BCUT2D eigenvalue weighted by molar-refractivity contribution is 5.69. The fraction of sp³-hybridized carbons (Fsp3) is 0.966. The van der Waals surface area contributed by atoms with Gasteiger partial charge in [-0.3, -0.25) is 4.79 Å². The summed E-state index contributed by atoms with van der Waals surface area (Å²) in [4.78, 5) is 12.1. The number of carbonyl (C=O) groups is 1. The van der Waals surface area contributed by atoms with Crippen molar-refractivity contribution in [3.05, 3.63) is 0 Å². The van der Waals surface area contributed by atoms with Crippen molar-refractivity contribution in [2.75, 3.05) is 19.7 Å². The standard InChI is InChI=1S/C29H59NO2/c1-4-7-10-13-14-17-22-28(21-16-11-8-5-2)24-27-32-29(31)23-18-15-20-26-30-25-19-12-9-6-3/h28,30H,4-27H2,1-3H3. The molecule has 0 bridgehead atoms. The summed E-state index contributed by atoms with van der Waals surface area (Å²) < 4.78 is 5.59. The molecule has 0 heterocycles. The summed E-state index contributed by atoms with van der Waals surface area (Å²) in [5, 5.41) is 3.52. The monoisotopic (exact) mass is 453 g/mol. The van der Waals surface area contributed by atoms with Gasteiger partial charge in [-0.25, -0.2) is 0 Å². The van der Waals surface area contributed by atoms with Gasteiger partial charge in [0.2, 0.25) is 0 Å². The predicted molar refractivity (Wildman–Crippen MR) is 141 cm³/mol. The molecular weight excluding hydrogens is 394 g/mol. The van der Waals surface area contributed by atoms with Crippen molar-refractivity contribution >= 4 is 5.97 Å². The second-order valence-corrected chi connectivity index (χ2v) is 9.90. The molecule has 0 aromatic carbocycles. The minimum absolute atomic E-state index is 0.0156. The molecular formula is C29H59NO2. The lowest BCUT2D eigenvalue weighted by Crippen LogP contribution is -2.16. The summed E-state index contributed by atoms with van der Waals surface area (Å²) in [6.07, 6.45) is 26.4. The normalized spacial score (nSPS) is 12.2. The van der Waals surface area contributed by atoms with E-state index in [0.29, 0.717) is 13.0 Å². The van der Waals surface area contributed by atoms with Crippen molar-refractivity contribution < 1.29 is 9.53 Å². The third-order valence-corrected chi connectivity index (χ3v) is 6.66. The third kappa shape index (κ3) is 24.1. The summed E-state index contributed by atoms with van der Waals surface area (Å²) in [6.45, 7) is 9.66. The van der Waals surface area contributed by atoms with E-state index in [1.807, 2.05) is 0 Å². The number of hydrogen-bond acceptors (Lipinski definition) is 3. The Morgan fingerprint density at radius 1 is 0.594 bits per heavy atom. The number of nitrogens with one attached hydrogen (secondary N) is 1. The molecule has 0 spiro atoms. The van der Waals surface area contributed by atoms with Crippen LogP contribution in [0.3, 0.4) is 0 Å². The Bertz CT molecular complexity index is 372. The molecule has 0 rings (SSSR count). The zero-order valence-electron chi connectivity index (χ0n) is 22.4. The molecule has 0 aromatic rings. The molecule has 0 radical (unpaired) electrons.